The highest BCUT2D eigenvalue weighted by molar-refractivity contribution is 7.88. The van der Waals surface area contributed by atoms with Gasteiger partial charge in [0.25, 0.3) is 0 Å². The average Bonchev–Trinajstić information content (AvgIpc) is 2.23. The van der Waals surface area contributed by atoms with Gasteiger partial charge in [-0.2, -0.15) is 0 Å². The maximum absolute atomic E-state index is 12.4. The first-order chi connectivity index (χ1) is 9.30. The van der Waals surface area contributed by atoms with Crippen LogP contribution in [0.3, 0.4) is 0 Å². The van der Waals surface area contributed by atoms with Gasteiger partial charge in [-0.3, -0.25) is 4.79 Å². The Balaban J connectivity index is 2.55. The number of hydrogen-bond donors (Lipinski definition) is 1. The maximum atomic E-state index is 12.4. The summed E-state index contributed by atoms with van der Waals surface area (Å²) < 4.78 is 24.4. The molecule has 0 bridgehead atoms. The van der Waals surface area contributed by atoms with E-state index in [9.17, 15) is 13.2 Å². The lowest BCUT2D eigenvalue weighted by molar-refractivity contribution is -0.128. The van der Waals surface area contributed by atoms with Crippen LogP contribution in [0.4, 0.5) is 0 Å². The fraction of sp³-hybridized carbons (Fsp3) is 0.933. The fourth-order valence-corrected chi connectivity index (χ4v) is 4.13. The first kappa shape index (κ1) is 18.4. The van der Waals surface area contributed by atoms with Crippen LogP contribution in [0.5, 0.6) is 0 Å². The summed E-state index contributed by atoms with van der Waals surface area (Å²) in [6.45, 7) is 11.4. The molecule has 0 radical (unpaired) electrons. The van der Waals surface area contributed by atoms with Crippen molar-refractivity contribution in [2.24, 2.45) is 11.3 Å². The zero-order chi connectivity index (χ0) is 16.5. The highest BCUT2D eigenvalue weighted by Gasteiger charge is 2.33. The first-order valence-corrected chi connectivity index (χ1v) is 9.42. The molecule has 21 heavy (non-hydrogen) atoms. The van der Waals surface area contributed by atoms with Crippen molar-refractivity contribution in [2.45, 2.75) is 59.4 Å². The summed E-state index contributed by atoms with van der Waals surface area (Å²) in [7, 11) is -3.13. The van der Waals surface area contributed by atoms with Crippen molar-refractivity contribution in [2.75, 3.05) is 19.3 Å². The third-order valence-corrected chi connectivity index (χ3v) is 5.03. The van der Waals surface area contributed by atoms with Crippen LogP contribution >= 0.6 is 0 Å². The molecule has 0 aromatic heterocycles. The minimum absolute atomic E-state index is 0.0531. The third kappa shape index (κ3) is 6.34. The number of rotatable bonds is 4. The third-order valence-electron chi connectivity index (χ3n) is 3.73. The van der Waals surface area contributed by atoms with Gasteiger partial charge in [0.1, 0.15) is 0 Å². The summed E-state index contributed by atoms with van der Waals surface area (Å²) in [5.41, 5.74) is -0.0975. The monoisotopic (exact) mass is 318 g/mol. The Morgan fingerprint density at radius 3 is 2.00 bits per heavy atom. The molecule has 0 aromatic carbocycles. The van der Waals surface area contributed by atoms with Crippen LogP contribution in [0, 0.1) is 11.3 Å². The number of amides is 1. The van der Waals surface area contributed by atoms with Crippen LogP contribution in [-0.4, -0.2) is 43.5 Å². The van der Waals surface area contributed by atoms with E-state index in [1.165, 1.54) is 10.6 Å². The molecule has 1 N–H and O–H groups in total. The van der Waals surface area contributed by atoms with E-state index in [2.05, 4.69) is 26.1 Å². The molecule has 0 aromatic rings. The first-order valence-electron chi connectivity index (χ1n) is 7.57. The zero-order valence-electron chi connectivity index (χ0n) is 14.2. The van der Waals surface area contributed by atoms with Crippen molar-refractivity contribution < 1.29 is 13.2 Å². The van der Waals surface area contributed by atoms with Gasteiger partial charge in [0.05, 0.1) is 6.26 Å². The number of nitrogens with one attached hydrogen (secondary N) is 1. The van der Waals surface area contributed by atoms with Crippen LogP contribution < -0.4 is 5.32 Å². The largest absolute Gasteiger partial charge is 0.351 e. The maximum Gasteiger partial charge on any atom is 0.223 e. The molecule has 0 unspecified atom stereocenters. The Bertz CT molecular complexity index is 470. The van der Waals surface area contributed by atoms with Crippen LogP contribution in [0.2, 0.25) is 0 Å². The number of sulfonamides is 1. The van der Waals surface area contributed by atoms with Gasteiger partial charge in [0.2, 0.25) is 15.9 Å². The van der Waals surface area contributed by atoms with Gasteiger partial charge >= 0.3 is 0 Å². The van der Waals surface area contributed by atoms with Crippen LogP contribution in [0.15, 0.2) is 0 Å². The normalized spacial score (nSPS) is 19.5. The number of carbonyl (C=O) groups is 1. The number of nitrogens with zero attached hydrogens (tertiary/aromatic N) is 1. The SMILES string of the molecule is CC(C)(C)CC(C)(C)NC(=O)C1CCN(S(C)(=O)=O)CC1. The van der Waals surface area contributed by atoms with Gasteiger partial charge in [-0.1, -0.05) is 20.8 Å². The number of piperidine rings is 1. The average molecular weight is 318 g/mol. The highest BCUT2D eigenvalue weighted by Crippen LogP contribution is 2.28. The molecule has 1 aliphatic heterocycles. The molecule has 1 rings (SSSR count). The second-order valence-electron chi connectivity index (χ2n) is 8.05. The summed E-state index contributed by atoms with van der Waals surface area (Å²) >= 11 is 0. The van der Waals surface area contributed by atoms with E-state index < -0.39 is 10.0 Å². The molecule has 124 valence electrons. The van der Waals surface area contributed by atoms with Gasteiger partial charge < -0.3 is 5.32 Å². The van der Waals surface area contributed by atoms with Crippen LogP contribution in [0.25, 0.3) is 0 Å². The molecule has 0 spiro atoms. The lowest BCUT2D eigenvalue weighted by atomic mass is 9.81. The highest BCUT2D eigenvalue weighted by atomic mass is 32.2. The second kappa shape index (κ2) is 6.24. The molecule has 1 fully saturated rings. The topological polar surface area (TPSA) is 66.5 Å². The summed E-state index contributed by atoms with van der Waals surface area (Å²) in [6.07, 6.45) is 3.32. The van der Waals surface area contributed by atoms with Crippen molar-refractivity contribution in [3.05, 3.63) is 0 Å². The molecular formula is C15H30N2O3S. The van der Waals surface area contributed by atoms with Crippen molar-refractivity contribution in [3.63, 3.8) is 0 Å². The molecule has 5 nitrogen and oxygen atoms in total. The summed E-state index contributed by atoms with van der Waals surface area (Å²) in [4.78, 5) is 12.4. The molecule has 6 heteroatoms. The Kier molecular flexibility index (Phi) is 5.48. The van der Waals surface area contributed by atoms with Gasteiger partial charge in [0.15, 0.2) is 0 Å². The molecule has 0 saturated carbocycles. The molecule has 1 saturated heterocycles. The Morgan fingerprint density at radius 2 is 1.62 bits per heavy atom. The number of hydrogen-bond acceptors (Lipinski definition) is 3. The van der Waals surface area contributed by atoms with E-state index in [-0.39, 0.29) is 22.8 Å². The molecular weight excluding hydrogens is 288 g/mol. The van der Waals surface area contributed by atoms with Crippen molar-refractivity contribution in [1.82, 2.24) is 9.62 Å². The Hall–Kier alpha value is -0.620. The van der Waals surface area contributed by atoms with E-state index in [1.54, 1.807) is 0 Å². The quantitative estimate of drug-likeness (QED) is 0.862. The van der Waals surface area contributed by atoms with E-state index in [1.807, 2.05) is 13.8 Å². The Labute approximate surface area is 129 Å². The van der Waals surface area contributed by atoms with Gasteiger partial charge in [0, 0.05) is 24.5 Å². The van der Waals surface area contributed by atoms with E-state index in [4.69, 9.17) is 0 Å². The smallest absolute Gasteiger partial charge is 0.223 e. The predicted octanol–water partition coefficient (Wildman–Crippen LogP) is 1.99. The van der Waals surface area contributed by atoms with Gasteiger partial charge in [-0.05, 0) is 38.5 Å². The molecule has 1 amide bonds. The van der Waals surface area contributed by atoms with Crippen molar-refractivity contribution in [1.29, 1.82) is 0 Å². The van der Waals surface area contributed by atoms with E-state index in [0.717, 1.165) is 6.42 Å². The summed E-state index contributed by atoms with van der Waals surface area (Å²) in [5.74, 6) is -0.0281. The Morgan fingerprint density at radius 1 is 1.14 bits per heavy atom. The van der Waals surface area contributed by atoms with Crippen LogP contribution in [-0.2, 0) is 14.8 Å². The zero-order valence-corrected chi connectivity index (χ0v) is 15.0. The van der Waals surface area contributed by atoms with Crippen molar-refractivity contribution in [3.8, 4) is 0 Å². The van der Waals surface area contributed by atoms with Gasteiger partial charge in [-0.25, -0.2) is 12.7 Å². The second-order valence-corrected chi connectivity index (χ2v) is 10.0. The predicted molar refractivity (Wildman–Crippen MR) is 85.4 cm³/mol. The summed E-state index contributed by atoms with van der Waals surface area (Å²) in [6, 6.07) is 0. The van der Waals surface area contributed by atoms with E-state index in [0.29, 0.717) is 25.9 Å². The van der Waals surface area contributed by atoms with Gasteiger partial charge in [-0.15, -0.1) is 0 Å². The molecule has 0 atom stereocenters. The van der Waals surface area contributed by atoms with Crippen molar-refractivity contribution >= 4 is 15.9 Å². The van der Waals surface area contributed by atoms with Crippen LogP contribution in [0.1, 0.15) is 53.9 Å². The molecule has 0 aliphatic carbocycles. The summed E-state index contributed by atoms with van der Waals surface area (Å²) in [5, 5.41) is 3.13. The minimum Gasteiger partial charge on any atom is -0.351 e. The minimum atomic E-state index is -3.13. The molecule has 1 heterocycles. The molecule has 1 aliphatic rings. The standard InChI is InChI=1S/C15H30N2O3S/c1-14(2,3)11-15(4,5)16-13(18)12-7-9-17(10-8-12)21(6,19)20/h12H,7-11H2,1-6H3,(H,16,18). The number of carbonyl (C=O) groups excluding carboxylic acids is 1. The lowest BCUT2D eigenvalue weighted by Gasteiger charge is -2.36. The fourth-order valence-electron chi connectivity index (χ4n) is 3.26. The van der Waals surface area contributed by atoms with E-state index >= 15 is 0 Å². The lowest BCUT2D eigenvalue weighted by Crippen LogP contribution is -2.50.